The molecule has 0 radical (unpaired) electrons. The lowest BCUT2D eigenvalue weighted by molar-refractivity contribution is 0.579. The predicted octanol–water partition coefficient (Wildman–Crippen LogP) is 2.82. The quantitative estimate of drug-likeness (QED) is 0.571. The summed E-state index contributed by atoms with van der Waals surface area (Å²) in [7, 11) is -3.75. The van der Waals surface area contributed by atoms with Crippen LogP contribution in [0, 0.1) is 0 Å². The summed E-state index contributed by atoms with van der Waals surface area (Å²) < 4.78 is 26.4. The van der Waals surface area contributed by atoms with Crippen molar-refractivity contribution in [3.8, 4) is 0 Å². The first-order chi connectivity index (χ1) is 10.7. The summed E-state index contributed by atoms with van der Waals surface area (Å²) in [5.41, 5.74) is 1.06. The maximum Gasteiger partial charge on any atom is 0.284 e. The van der Waals surface area contributed by atoms with Crippen LogP contribution in [0.25, 0.3) is 21.8 Å². The van der Waals surface area contributed by atoms with Gasteiger partial charge in [-0.2, -0.15) is 8.42 Å². The molecule has 0 fully saturated rings. The molecule has 0 aliphatic carbocycles. The minimum Gasteiger partial charge on any atom is -0.199 e. The summed E-state index contributed by atoms with van der Waals surface area (Å²) in [4.78, 5) is 0.190. The number of benzene rings is 3. The molecule has 0 spiro atoms. The highest BCUT2D eigenvalue weighted by atomic mass is 32.2. The van der Waals surface area contributed by atoms with Gasteiger partial charge < -0.3 is 0 Å². The molecule has 5 nitrogen and oxygen atoms in total. The molecule has 0 saturated carbocycles. The number of rotatable bonds is 2. The molecule has 4 aromatic rings. The van der Waals surface area contributed by atoms with Crippen LogP contribution in [-0.4, -0.2) is 22.8 Å². The van der Waals surface area contributed by atoms with E-state index in [1.54, 1.807) is 36.4 Å². The Morgan fingerprint density at radius 1 is 0.818 bits per heavy atom. The summed E-state index contributed by atoms with van der Waals surface area (Å²) in [6.45, 7) is 0. The van der Waals surface area contributed by atoms with E-state index in [4.69, 9.17) is 0 Å². The van der Waals surface area contributed by atoms with E-state index < -0.39 is 10.0 Å². The molecule has 1 aromatic heterocycles. The van der Waals surface area contributed by atoms with E-state index >= 15 is 0 Å². The average molecular weight is 309 g/mol. The highest BCUT2D eigenvalue weighted by molar-refractivity contribution is 7.90. The van der Waals surface area contributed by atoms with E-state index in [1.165, 1.54) is 0 Å². The van der Waals surface area contributed by atoms with Gasteiger partial charge in [0.1, 0.15) is 11.0 Å². The molecule has 0 aliphatic heterocycles. The van der Waals surface area contributed by atoms with Crippen LogP contribution >= 0.6 is 0 Å². The minimum absolute atomic E-state index is 0.190. The van der Waals surface area contributed by atoms with E-state index in [9.17, 15) is 8.42 Å². The van der Waals surface area contributed by atoms with Crippen molar-refractivity contribution in [2.24, 2.45) is 0 Å². The Hall–Kier alpha value is -2.73. The van der Waals surface area contributed by atoms with Gasteiger partial charge in [0.15, 0.2) is 0 Å². The first kappa shape index (κ1) is 13.0. The van der Waals surface area contributed by atoms with Crippen molar-refractivity contribution in [1.29, 1.82) is 0 Å². The van der Waals surface area contributed by atoms with Crippen molar-refractivity contribution in [3.63, 3.8) is 0 Å². The molecule has 0 aliphatic rings. The third kappa shape index (κ3) is 1.81. The van der Waals surface area contributed by atoms with Gasteiger partial charge in [-0.25, -0.2) is 0 Å². The lowest BCUT2D eigenvalue weighted by Crippen LogP contribution is -2.14. The van der Waals surface area contributed by atoms with E-state index in [2.05, 4.69) is 10.3 Å². The SMILES string of the molecule is O=S(=O)(c1ccccc1)n1nnc2c3ccccc3ccc21. The van der Waals surface area contributed by atoms with E-state index in [1.807, 2.05) is 30.3 Å². The second kappa shape index (κ2) is 4.64. The molecule has 3 aromatic carbocycles. The Labute approximate surface area is 126 Å². The van der Waals surface area contributed by atoms with Gasteiger partial charge in [-0.15, -0.1) is 9.19 Å². The minimum atomic E-state index is -3.75. The van der Waals surface area contributed by atoms with Gasteiger partial charge in [-0.1, -0.05) is 53.7 Å². The molecule has 6 heteroatoms. The maximum atomic E-state index is 12.7. The predicted molar refractivity (Wildman–Crippen MR) is 84.1 cm³/mol. The molecular formula is C16H11N3O2S. The summed E-state index contributed by atoms with van der Waals surface area (Å²) in [6, 6.07) is 19.5. The number of hydrogen-bond donors (Lipinski definition) is 0. The fourth-order valence-corrected chi connectivity index (χ4v) is 3.75. The summed E-state index contributed by atoms with van der Waals surface area (Å²) in [5, 5.41) is 9.83. The molecule has 0 saturated heterocycles. The van der Waals surface area contributed by atoms with Crippen molar-refractivity contribution in [3.05, 3.63) is 66.7 Å². The van der Waals surface area contributed by atoms with E-state index in [-0.39, 0.29) is 4.90 Å². The zero-order chi connectivity index (χ0) is 15.2. The number of hydrogen-bond acceptors (Lipinski definition) is 4. The average Bonchev–Trinajstić information content (AvgIpc) is 3.01. The molecule has 0 amide bonds. The fraction of sp³-hybridized carbons (Fsp3) is 0. The van der Waals surface area contributed by atoms with Crippen LogP contribution in [0.5, 0.6) is 0 Å². The third-order valence-electron chi connectivity index (χ3n) is 3.58. The van der Waals surface area contributed by atoms with Gasteiger partial charge in [-0.3, -0.25) is 0 Å². The zero-order valence-corrected chi connectivity index (χ0v) is 12.2. The Kier molecular flexibility index (Phi) is 2.74. The smallest absolute Gasteiger partial charge is 0.199 e. The molecule has 22 heavy (non-hydrogen) atoms. The van der Waals surface area contributed by atoms with Gasteiger partial charge in [0, 0.05) is 5.39 Å². The normalized spacial score (nSPS) is 12.0. The summed E-state index contributed by atoms with van der Waals surface area (Å²) >= 11 is 0. The lowest BCUT2D eigenvalue weighted by Gasteiger charge is -2.05. The Morgan fingerprint density at radius 2 is 1.55 bits per heavy atom. The number of aromatic nitrogens is 3. The van der Waals surface area contributed by atoms with Gasteiger partial charge in [0.2, 0.25) is 0 Å². The van der Waals surface area contributed by atoms with Crippen molar-refractivity contribution >= 4 is 31.8 Å². The molecule has 0 bridgehead atoms. The third-order valence-corrected chi connectivity index (χ3v) is 5.17. The van der Waals surface area contributed by atoms with Gasteiger partial charge in [-0.05, 0) is 23.6 Å². The Bertz CT molecular complexity index is 1090. The van der Waals surface area contributed by atoms with Crippen molar-refractivity contribution in [2.45, 2.75) is 4.90 Å². The van der Waals surface area contributed by atoms with Gasteiger partial charge >= 0.3 is 0 Å². The standard InChI is InChI=1S/C16H11N3O2S/c20-22(21,13-7-2-1-3-8-13)19-15-11-10-12-6-4-5-9-14(12)16(15)17-18-19/h1-11H. The van der Waals surface area contributed by atoms with Crippen LogP contribution in [0.3, 0.4) is 0 Å². The van der Waals surface area contributed by atoms with Crippen LogP contribution in [0.2, 0.25) is 0 Å². The first-order valence-electron chi connectivity index (χ1n) is 6.72. The van der Waals surface area contributed by atoms with Crippen LogP contribution < -0.4 is 0 Å². The second-order valence-corrected chi connectivity index (χ2v) is 6.67. The van der Waals surface area contributed by atoms with Crippen molar-refractivity contribution < 1.29 is 8.42 Å². The van der Waals surface area contributed by atoms with E-state index in [0.717, 1.165) is 14.9 Å². The Balaban J connectivity index is 2.03. The molecule has 1 heterocycles. The van der Waals surface area contributed by atoms with Crippen LogP contribution in [0.15, 0.2) is 71.6 Å². The topological polar surface area (TPSA) is 64.8 Å². The fourth-order valence-electron chi connectivity index (χ4n) is 2.51. The lowest BCUT2D eigenvalue weighted by atomic mass is 10.1. The highest BCUT2D eigenvalue weighted by Gasteiger charge is 2.21. The molecule has 4 rings (SSSR count). The zero-order valence-electron chi connectivity index (χ0n) is 11.4. The molecular weight excluding hydrogens is 298 g/mol. The number of fused-ring (bicyclic) bond motifs is 3. The van der Waals surface area contributed by atoms with Gasteiger partial charge in [0.05, 0.1) is 4.90 Å². The van der Waals surface area contributed by atoms with E-state index in [0.29, 0.717) is 11.0 Å². The van der Waals surface area contributed by atoms with Crippen molar-refractivity contribution in [1.82, 2.24) is 14.4 Å². The van der Waals surface area contributed by atoms with Crippen LogP contribution in [0.1, 0.15) is 0 Å². The van der Waals surface area contributed by atoms with Crippen LogP contribution in [0.4, 0.5) is 0 Å². The Morgan fingerprint density at radius 3 is 2.36 bits per heavy atom. The summed E-state index contributed by atoms with van der Waals surface area (Å²) in [6.07, 6.45) is 0. The van der Waals surface area contributed by atoms with Gasteiger partial charge in [0.25, 0.3) is 10.0 Å². The molecule has 0 atom stereocenters. The first-order valence-corrected chi connectivity index (χ1v) is 8.16. The highest BCUT2D eigenvalue weighted by Crippen LogP contribution is 2.25. The number of nitrogens with zero attached hydrogens (tertiary/aromatic N) is 3. The van der Waals surface area contributed by atoms with Crippen molar-refractivity contribution in [2.75, 3.05) is 0 Å². The largest absolute Gasteiger partial charge is 0.284 e. The maximum absolute atomic E-state index is 12.7. The molecule has 0 N–H and O–H groups in total. The molecule has 108 valence electrons. The summed E-state index contributed by atoms with van der Waals surface area (Å²) in [5.74, 6) is 0. The monoisotopic (exact) mass is 309 g/mol. The second-order valence-electron chi connectivity index (χ2n) is 4.90. The van der Waals surface area contributed by atoms with Crippen LogP contribution in [-0.2, 0) is 10.0 Å². The molecule has 0 unspecified atom stereocenters.